The molecule has 0 radical (unpaired) electrons. The van der Waals surface area contributed by atoms with Crippen molar-refractivity contribution in [1.82, 2.24) is 20.4 Å². The van der Waals surface area contributed by atoms with Crippen LogP contribution in [0.2, 0.25) is 0 Å². The lowest BCUT2D eigenvalue weighted by atomic mass is 10.1. The number of hydrogen-bond donors (Lipinski definition) is 3. The number of phenols is 1. The summed E-state index contributed by atoms with van der Waals surface area (Å²) in [4.78, 5) is 30.2. The molecule has 2 saturated heterocycles. The van der Waals surface area contributed by atoms with Crippen LogP contribution in [0.5, 0.6) is 5.75 Å². The summed E-state index contributed by atoms with van der Waals surface area (Å²) in [7, 11) is 0. The van der Waals surface area contributed by atoms with E-state index in [1.807, 2.05) is 23.6 Å². The Balaban J connectivity index is 0.000000192. The summed E-state index contributed by atoms with van der Waals surface area (Å²) in [6, 6.07) is 15.5. The SMILES string of the molecule is O=C(NCCN1CCOCC1)c1cc(-c2ccc(C(F)(F)F)cc2)cs1.O=C(NCCN1CCOCC1)c1cc(-c2ccc(O)cc2)cs1. The van der Waals surface area contributed by atoms with E-state index in [0.717, 1.165) is 94.5 Å². The first kappa shape index (κ1) is 36.5. The van der Waals surface area contributed by atoms with Crippen molar-refractivity contribution in [1.29, 1.82) is 0 Å². The Bertz CT molecular complexity index is 1630. The van der Waals surface area contributed by atoms with Crippen LogP contribution in [-0.2, 0) is 15.7 Å². The molecule has 6 rings (SSSR count). The molecule has 2 aliphatic rings. The van der Waals surface area contributed by atoms with Gasteiger partial charge in [0.15, 0.2) is 0 Å². The van der Waals surface area contributed by atoms with Gasteiger partial charge in [0.05, 0.1) is 41.7 Å². The second-order valence-corrected chi connectivity index (χ2v) is 13.3. The van der Waals surface area contributed by atoms with Crippen LogP contribution in [0.3, 0.4) is 0 Å². The van der Waals surface area contributed by atoms with Crippen LogP contribution in [0.25, 0.3) is 22.3 Å². The van der Waals surface area contributed by atoms with Crippen molar-refractivity contribution >= 4 is 34.5 Å². The predicted molar refractivity (Wildman–Crippen MR) is 185 cm³/mol. The molecule has 49 heavy (non-hydrogen) atoms. The van der Waals surface area contributed by atoms with Crippen molar-refractivity contribution in [2.75, 3.05) is 78.8 Å². The number of morpholine rings is 2. The van der Waals surface area contributed by atoms with Gasteiger partial charge in [-0.3, -0.25) is 19.4 Å². The normalized spacial score (nSPS) is 15.7. The third-order valence-corrected chi connectivity index (χ3v) is 9.89. The molecule has 0 atom stereocenters. The monoisotopic (exact) mass is 716 g/mol. The van der Waals surface area contributed by atoms with Crippen molar-refractivity contribution in [2.45, 2.75) is 6.18 Å². The quantitative estimate of drug-likeness (QED) is 0.194. The maximum atomic E-state index is 12.6. The third kappa shape index (κ3) is 11.1. The van der Waals surface area contributed by atoms with Gasteiger partial charge in [0, 0.05) is 52.4 Å². The minimum absolute atomic E-state index is 0.0340. The van der Waals surface area contributed by atoms with Crippen molar-refractivity contribution in [3.63, 3.8) is 0 Å². The Morgan fingerprint density at radius 1 is 0.673 bits per heavy atom. The van der Waals surface area contributed by atoms with Crippen LogP contribution in [0.4, 0.5) is 13.2 Å². The van der Waals surface area contributed by atoms with E-state index in [1.54, 1.807) is 23.6 Å². The van der Waals surface area contributed by atoms with E-state index in [0.29, 0.717) is 28.4 Å². The van der Waals surface area contributed by atoms with E-state index < -0.39 is 11.7 Å². The molecular formula is C35H39F3N4O5S2. The lowest BCUT2D eigenvalue weighted by Crippen LogP contribution is -2.41. The molecule has 0 unspecified atom stereocenters. The number of rotatable bonds is 10. The molecule has 262 valence electrons. The number of thiophene rings is 2. The molecule has 2 amide bonds. The number of phenolic OH excluding ortho intramolecular Hbond substituents is 1. The van der Waals surface area contributed by atoms with Crippen LogP contribution < -0.4 is 10.6 Å². The maximum Gasteiger partial charge on any atom is 0.416 e. The molecule has 4 heterocycles. The van der Waals surface area contributed by atoms with Gasteiger partial charge in [-0.2, -0.15) is 13.2 Å². The summed E-state index contributed by atoms with van der Waals surface area (Å²) in [6.07, 6.45) is -4.35. The second-order valence-electron chi connectivity index (χ2n) is 11.4. The number of carbonyl (C=O) groups is 2. The summed E-state index contributed by atoms with van der Waals surface area (Å²) < 4.78 is 48.5. The van der Waals surface area contributed by atoms with Crippen LogP contribution in [0, 0.1) is 0 Å². The van der Waals surface area contributed by atoms with Gasteiger partial charge in [0.25, 0.3) is 11.8 Å². The first-order valence-electron chi connectivity index (χ1n) is 16.0. The van der Waals surface area contributed by atoms with Gasteiger partial charge < -0.3 is 25.2 Å². The molecule has 2 aliphatic heterocycles. The number of carbonyl (C=O) groups excluding carboxylic acids is 2. The number of benzene rings is 2. The summed E-state index contributed by atoms with van der Waals surface area (Å²) in [5.41, 5.74) is 2.70. The van der Waals surface area contributed by atoms with Crippen molar-refractivity contribution in [3.05, 3.63) is 86.7 Å². The minimum atomic E-state index is -4.35. The summed E-state index contributed by atoms with van der Waals surface area (Å²) in [5.74, 6) is 0.0415. The van der Waals surface area contributed by atoms with E-state index in [1.165, 1.54) is 34.8 Å². The van der Waals surface area contributed by atoms with E-state index in [2.05, 4.69) is 20.4 Å². The summed E-state index contributed by atoms with van der Waals surface area (Å²) >= 11 is 2.71. The Labute approximate surface area is 291 Å². The van der Waals surface area contributed by atoms with Crippen molar-refractivity contribution < 1.29 is 37.3 Å². The second kappa shape index (κ2) is 17.7. The number of alkyl halides is 3. The molecule has 9 nitrogen and oxygen atoms in total. The number of nitrogens with zero attached hydrogens (tertiary/aromatic N) is 2. The number of aromatic hydroxyl groups is 1. The number of hydrogen-bond acceptors (Lipinski definition) is 9. The molecule has 4 aromatic rings. The Hall–Kier alpha value is -3.79. The molecule has 2 fully saturated rings. The number of nitrogens with one attached hydrogen (secondary N) is 2. The van der Waals surface area contributed by atoms with Crippen LogP contribution in [0.1, 0.15) is 24.9 Å². The van der Waals surface area contributed by atoms with Crippen LogP contribution >= 0.6 is 22.7 Å². The molecule has 0 spiro atoms. The Kier molecular flexibility index (Phi) is 13.2. The third-order valence-electron chi connectivity index (χ3n) is 8.03. The molecule has 2 aromatic heterocycles. The Morgan fingerprint density at radius 2 is 1.08 bits per heavy atom. The van der Waals surface area contributed by atoms with Gasteiger partial charge in [-0.05, 0) is 69.4 Å². The van der Waals surface area contributed by atoms with Gasteiger partial charge in [-0.15, -0.1) is 22.7 Å². The lowest BCUT2D eigenvalue weighted by Gasteiger charge is -2.26. The standard InChI is InChI=1S/C18H19F3N2O2S.C17H20N2O3S/c19-18(20,21)15-3-1-13(2-4-15)14-11-16(26-12-14)17(24)22-5-6-23-7-9-25-10-8-23;20-15-3-1-13(2-4-15)14-11-16(23-12-14)17(21)18-5-6-19-7-9-22-10-8-19/h1-4,11-12H,5-10H2,(H,22,24);1-4,11-12,20H,5-10H2,(H,18,21). The lowest BCUT2D eigenvalue weighted by molar-refractivity contribution is -0.137. The van der Waals surface area contributed by atoms with Crippen LogP contribution in [0.15, 0.2) is 71.4 Å². The highest BCUT2D eigenvalue weighted by molar-refractivity contribution is 7.12. The minimum Gasteiger partial charge on any atom is -0.508 e. The highest BCUT2D eigenvalue weighted by atomic mass is 32.1. The first-order valence-corrected chi connectivity index (χ1v) is 17.7. The fourth-order valence-corrected chi connectivity index (χ4v) is 6.86. The largest absolute Gasteiger partial charge is 0.508 e. The molecule has 14 heteroatoms. The van der Waals surface area contributed by atoms with Gasteiger partial charge in [0.1, 0.15) is 5.75 Å². The average Bonchev–Trinajstić information content (AvgIpc) is 3.81. The van der Waals surface area contributed by atoms with E-state index >= 15 is 0 Å². The zero-order valence-electron chi connectivity index (χ0n) is 26.8. The molecule has 3 N–H and O–H groups in total. The van der Waals surface area contributed by atoms with Gasteiger partial charge in [0.2, 0.25) is 0 Å². The number of amides is 2. The topological polar surface area (TPSA) is 103 Å². The smallest absolute Gasteiger partial charge is 0.416 e. The zero-order chi connectivity index (χ0) is 34.6. The number of halogens is 3. The van der Waals surface area contributed by atoms with E-state index in [-0.39, 0.29) is 17.6 Å². The summed E-state index contributed by atoms with van der Waals surface area (Å²) in [6.45, 7) is 9.39. The molecule has 0 bridgehead atoms. The van der Waals surface area contributed by atoms with E-state index in [9.17, 15) is 27.9 Å². The molecule has 0 aliphatic carbocycles. The average molecular weight is 717 g/mol. The van der Waals surface area contributed by atoms with Gasteiger partial charge >= 0.3 is 6.18 Å². The highest BCUT2D eigenvalue weighted by Gasteiger charge is 2.30. The fourth-order valence-electron chi connectivity index (χ4n) is 5.20. The van der Waals surface area contributed by atoms with Crippen molar-refractivity contribution in [3.8, 4) is 28.0 Å². The zero-order valence-corrected chi connectivity index (χ0v) is 28.5. The Morgan fingerprint density at radius 3 is 1.49 bits per heavy atom. The van der Waals surface area contributed by atoms with Crippen LogP contribution in [-0.4, -0.2) is 106 Å². The predicted octanol–water partition coefficient (Wildman–Crippen LogP) is 5.68. The number of ether oxygens (including phenoxy) is 2. The molecular weight excluding hydrogens is 678 g/mol. The van der Waals surface area contributed by atoms with Gasteiger partial charge in [-0.1, -0.05) is 24.3 Å². The van der Waals surface area contributed by atoms with Crippen molar-refractivity contribution in [2.24, 2.45) is 0 Å². The first-order chi connectivity index (χ1) is 23.7. The fraction of sp³-hybridized carbons (Fsp3) is 0.371. The molecule has 0 saturated carbocycles. The highest BCUT2D eigenvalue weighted by Crippen LogP contribution is 2.32. The van der Waals surface area contributed by atoms with Gasteiger partial charge in [-0.25, -0.2) is 0 Å². The molecule has 2 aromatic carbocycles. The van der Waals surface area contributed by atoms with E-state index in [4.69, 9.17) is 9.47 Å². The maximum absolute atomic E-state index is 12.6. The summed E-state index contributed by atoms with van der Waals surface area (Å²) in [5, 5.41) is 18.9.